The highest BCUT2D eigenvalue weighted by Gasteiger charge is 2.38. The average Bonchev–Trinajstić information content (AvgIpc) is 3.09. The van der Waals surface area contributed by atoms with Gasteiger partial charge in [0.1, 0.15) is 11.6 Å². The maximum atomic E-state index is 12.2. The number of nitrogens with zero attached hydrogens (tertiary/aromatic N) is 2. The predicted molar refractivity (Wildman–Crippen MR) is 168 cm³/mol. The first kappa shape index (κ1) is 40.4. The number of carboxylic acids is 1. The van der Waals surface area contributed by atoms with Crippen molar-refractivity contribution in [3.05, 3.63) is 35.4 Å². The maximum Gasteiger partial charge on any atom is 0.407 e. The van der Waals surface area contributed by atoms with Crippen molar-refractivity contribution in [2.75, 3.05) is 13.2 Å². The first-order valence-electron chi connectivity index (χ1n) is 14.4. The number of hydrogen-bond donors (Lipinski definition) is 4. The van der Waals surface area contributed by atoms with E-state index in [1.165, 1.54) is 6.08 Å². The summed E-state index contributed by atoms with van der Waals surface area (Å²) in [6.07, 6.45) is 1.04. The Balaban J connectivity index is 0.000000682. The lowest BCUT2D eigenvalue weighted by atomic mass is 9.87. The molecule has 0 aliphatic carbocycles. The third-order valence-electron chi connectivity index (χ3n) is 6.56. The second kappa shape index (κ2) is 15.9. The van der Waals surface area contributed by atoms with Gasteiger partial charge in [0.2, 0.25) is 6.08 Å². The lowest BCUT2D eigenvalue weighted by Gasteiger charge is -2.30. The van der Waals surface area contributed by atoms with Crippen LogP contribution in [0.15, 0.2) is 29.3 Å². The molecule has 2 rings (SSSR count). The van der Waals surface area contributed by atoms with Crippen molar-refractivity contribution in [3.63, 3.8) is 0 Å². The van der Waals surface area contributed by atoms with Crippen molar-refractivity contribution in [1.29, 1.82) is 0 Å². The quantitative estimate of drug-likeness (QED) is 0.203. The van der Waals surface area contributed by atoms with Crippen LogP contribution >= 0.6 is 0 Å². The lowest BCUT2D eigenvalue weighted by molar-refractivity contribution is -0.141. The number of rotatable bonds is 6. The standard InChI is InChI=1S/C15H16N2O3.C11H23NO3.C6H13NO2/c1-15(2,3)12(16-9-18)8-17-13(19)10-6-4-5-7-11(10)14(17)20;1-10(2,3)8(7-13)12-9(14)15-11(4,5)6;1-6(2,3)4(7)5(8)9/h4-7,12H,8H2,1-3H3;8,13H,7H2,1-6H3,(H,12,14);4H,7H2,1-3H3,(H,8,9)/t12-;8-;4-/m111/s1. The number of aliphatic imine (C=N–C) groups is 1. The number of carbonyl (C=O) groups is 4. The van der Waals surface area contributed by atoms with Gasteiger partial charge >= 0.3 is 12.1 Å². The molecule has 12 heteroatoms. The summed E-state index contributed by atoms with van der Waals surface area (Å²) in [5.74, 6) is -1.61. The van der Waals surface area contributed by atoms with Gasteiger partial charge in [0.05, 0.1) is 36.4 Å². The van der Waals surface area contributed by atoms with E-state index in [0.29, 0.717) is 11.1 Å². The summed E-state index contributed by atoms with van der Waals surface area (Å²) in [4.78, 5) is 61.6. The zero-order valence-electron chi connectivity index (χ0n) is 28.3. The third kappa shape index (κ3) is 13.4. The Morgan fingerprint density at radius 1 is 0.909 bits per heavy atom. The predicted octanol–water partition coefficient (Wildman–Crippen LogP) is 4.40. The Labute approximate surface area is 261 Å². The molecule has 1 aromatic rings. The SMILES string of the molecule is CC(C)(C)OC(=O)N[C@H](CO)C(C)(C)C.CC(C)(C)[C@@H](CN1C(=O)c2ccccc2C1=O)N=C=O.CC(C)(C)[C@H](N)C(=O)O. The largest absolute Gasteiger partial charge is 0.480 e. The summed E-state index contributed by atoms with van der Waals surface area (Å²) >= 11 is 0. The number of isocyanates is 1. The van der Waals surface area contributed by atoms with Crippen LogP contribution in [-0.4, -0.2) is 81.9 Å². The minimum Gasteiger partial charge on any atom is -0.480 e. The average molecular weight is 621 g/mol. The maximum absolute atomic E-state index is 12.2. The molecule has 0 radical (unpaired) electrons. The fourth-order valence-corrected chi connectivity index (χ4v) is 3.51. The van der Waals surface area contributed by atoms with Crippen molar-refractivity contribution < 1.29 is 38.9 Å². The number of carbonyl (C=O) groups excluding carboxylic acids is 4. The van der Waals surface area contributed by atoms with E-state index < -0.39 is 29.7 Å². The van der Waals surface area contributed by atoms with E-state index in [0.717, 1.165) is 4.90 Å². The summed E-state index contributed by atoms with van der Waals surface area (Å²) in [7, 11) is 0. The number of ether oxygens (including phenoxy) is 1. The molecule has 3 amide bonds. The Morgan fingerprint density at radius 3 is 1.64 bits per heavy atom. The number of aliphatic carboxylic acids is 1. The van der Waals surface area contributed by atoms with Crippen molar-refractivity contribution in [2.24, 2.45) is 27.0 Å². The minimum atomic E-state index is -0.942. The van der Waals surface area contributed by atoms with Gasteiger partial charge in [-0.2, -0.15) is 0 Å². The Kier molecular flexibility index (Phi) is 14.6. The number of imide groups is 1. The number of carboxylic acid groups (broad SMARTS) is 1. The molecule has 44 heavy (non-hydrogen) atoms. The van der Waals surface area contributed by atoms with Crippen LogP contribution in [0.1, 0.15) is 104 Å². The van der Waals surface area contributed by atoms with Crippen molar-refractivity contribution in [2.45, 2.75) is 107 Å². The zero-order valence-corrected chi connectivity index (χ0v) is 28.3. The summed E-state index contributed by atoms with van der Waals surface area (Å²) < 4.78 is 5.10. The van der Waals surface area contributed by atoms with Gasteiger partial charge in [0.25, 0.3) is 11.8 Å². The second-order valence-electron chi connectivity index (χ2n) is 14.8. The fourth-order valence-electron chi connectivity index (χ4n) is 3.51. The fraction of sp³-hybridized carbons (Fsp3) is 0.656. The van der Waals surface area contributed by atoms with E-state index >= 15 is 0 Å². The summed E-state index contributed by atoms with van der Waals surface area (Å²) in [5, 5.41) is 20.2. The van der Waals surface area contributed by atoms with Gasteiger partial charge in [-0.1, -0.05) is 74.4 Å². The van der Waals surface area contributed by atoms with Crippen molar-refractivity contribution >= 4 is 30.0 Å². The molecule has 0 aromatic heterocycles. The number of fused-ring (bicyclic) bond motifs is 1. The van der Waals surface area contributed by atoms with E-state index in [4.69, 9.17) is 20.7 Å². The van der Waals surface area contributed by atoms with Crippen LogP contribution in [0.4, 0.5) is 4.79 Å². The van der Waals surface area contributed by atoms with E-state index in [1.807, 2.05) is 41.5 Å². The highest BCUT2D eigenvalue weighted by molar-refractivity contribution is 6.21. The first-order valence-corrected chi connectivity index (χ1v) is 14.4. The van der Waals surface area contributed by atoms with Gasteiger partial charge in [-0.15, -0.1) is 0 Å². The Morgan fingerprint density at radius 2 is 1.36 bits per heavy atom. The van der Waals surface area contributed by atoms with Gasteiger partial charge in [-0.05, 0) is 49.1 Å². The van der Waals surface area contributed by atoms with E-state index in [1.54, 1.807) is 65.8 Å². The van der Waals surface area contributed by atoms with Crippen LogP contribution in [0.3, 0.4) is 0 Å². The molecule has 248 valence electrons. The third-order valence-corrected chi connectivity index (χ3v) is 6.56. The first-order chi connectivity index (χ1) is 19.8. The van der Waals surface area contributed by atoms with Crippen LogP contribution in [0.25, 0.3) is 0 Å². The monoisotopic (exact) mass is 620 g/mol. The number of nitrogens with two attached hydrogens (primary N) is 1. The molecule has 1 aliphatic heterocycles. The molecule has 0 fully saturated rings. The Bertz CT molecular complexity index is 1160. The highest BCUT2D eigenvalue weighted by Crippen LogP contribution is 2.28. The molecule has 0 spiro atoms. The van der Waals surface area contributed by atoms with E-state index in [-0.39, 0.29) is 47.3 Å². The number of amides is 3. The molecule has 12 nitrogen and oxygen atoms in total. The lowest BCUT2D eigenvalue weighted by Crippen LogP contribution is -2.47. The van der Waals surface area contributed by atoms with Crippen molar-refractivity contribution in [3.8, 4) is 0 Å². The highest BCUT2D eigenvalue weighted by atomic mass is 16.6. The smallest absolute Gasteiger partial charge is 0.407 e. The van der Waals surface area contributed by atoms with Gasteiger partial charge in [-0.3, -0.25) is 19.3 Å². The zero-order chi connectivity index (χ0) is 34.8. The normalized spacial score (nSPS) is 15.3. The number of benzene rings is 1. The molecular weight excluding hydrogens is 568 g/mol. The van der Waals surface area contributed by atoms with Crippen LogP contribution < -0.4 is 11.1 Å². The molecule has 0 saturated carbocycles. The van der Waals surface area contributed by atoms with Crippen LogP contribution in [0, 0.1) is 16.2 Å². The number of alkyl carbamates (subject to hydrolysis) is 1. The van der Waals surface area contributed by atoms with E-state index in [2.05, 4.69) is 10.3 Å². The second-order valence-corrected chi connectivity index (χ2v) is 14.8. The minimum absolute atomic E-state index is 0.0884. The molecule has 0 bridgehead atoms. The van der Waals surface area contributed by atoms with Crippen LogP contribution in [-0.2, 0) is 14.3 Å². The molecule has 1 heterocycles. The summed E-state index contributed by atoms with van der Waals surface area (Å²) in [5.41, 5.74) is 4.72. The molecule has 3 atom stereocenters. The number of nitrogens with one attached hydrogen (secondary N) is 1. The van der Waals surface area contributed by atoms with Gasteiger partial charge in [0.15, 0.2) is 0 Å². The van der Waals surface area contributed by atoms with E-state index in [9.17, 15) is 24.0 Å². The topological polar surface area (TPSA) is 189 Å². The van der Waals surface area contributed by atoms with Crippen molar-refractivity contribution in [1.82, 2.24) is 10.2 Å². The van der Waals surface area contributed by atoms with Crippen LogP contribution in [0.5, 0.6) is 0 Å². The Hall–Kier alpha value is -3.60. The number of hydrogen-bond acceptors (Lipinski definition) is 9. The van der Waals surface area contributed by atoms with Gasteiger partial charge < -0.3 is 26.0 Å². The summed E-state index contributed by atoms with van der Waals surface area (Å²) in [6, 6.07) is 5.17. The molecule has 0 saturated heterocycles. The summed E-state index contributed by atoms with van der Waals surface area (Å²) in [6.45, 7) is 22.3. The van der Waals surface area contributed by atoms with Crippen LogP contribution in [0.2, 0.25) is 0 Å². The number of aliphatic hydroxyl groups excluding tert-OH is 1. The molecule has 0 unspecified atom stereocenters. The molecule has 1 aliphatic rings. The van der Waals surface area contributed by atoms with Gasteiger partial charge in [-0.25, -0.2) is 14.6 Å². The number of aliphatic hydroxyl groups is 1. The molecule has 1 aromatic carbocycles. The van der Waals surface area contributed by atoms with Gasteiger partial charge in [0, 0.05) is 0 Å². The molecular formula is C32H52N4O8. The molecule has 5 N–H and O–H groups in total.